The van der Waals surface area contributed by atoms with Gasteiger partial charge in [-0.2, -0.15) is 0 Å². The van der Waals surface area contributed by atoms with Crippen LogP contribution in [0.2, 0.25) is 5.15 Å². The zero-order valence-corrected chi connectivity index (χ0v) is 20.0. The van der Waals surface area contributed by atoms with Gasteiger partial charge < -0.3 is 14.4 Å². The second kappa shape index (κ2) is 9.86. The van der Waals surface area contributed by atoms with Gasteiger partial charge in [-0.25, -0.2) is 19.6 Å². The van der Waals surface area contributed by atoms with Gasteiger partial charge in [0, 0.05) is 36.8 Å². The Morgan fingerprint density at radius 3 is 2.53 bits per heavy atom. The van der Waals surface area contributed by atoms with Gasteiger partial charge >= 0.3 is 12.1 Å². The van der Waals surface area contributed by atoms with Gasteiger partial charge in [0.15, 0.2) is 0 Å². The number of allylic oxidation sites excluding steroid dienone is 1. The van der Waals surface area contributed by atoms with Crippen molar-refractivity contribution in [1.29, 1.82) is 0 Å². The van der Waals surface area contributed by atoms with Crippen LogP contribution in [0.1, 0.15) is 53.2 Å². The number of piperidine rings is 1. The Labute approximate surface area is 193 Å². The first kappa shape index (κ1) is 24.0. The smallest absolute Gasteiger partial charge is 0.410 e. The fourth-order valence-corrected chi connectivity index (χ4v) is 3.80. The summed E-state index contributed by atoms with van der Waals surface area (Å²) < 4.78 is 10.8. The third-order valence-corrected chi connectivity index (χ3v) is 5.25. The lowest BCUT2D eigenvalue weighted by molar-refractivity contribution is -0.141. The Bertz CT molecular complexity index is 1020. The number of rotatable bonds is 4. The molecule has 1 saturated heterocycles. The second-order valence-corrected chi connectivity index (χ2v) is 9.61. The van der Waals surface area contributed by atoms with Crippen molar-refractivity contribution in [1.82, 2.24) is 14.9 Å². The first-order chi connectivity index (χ1) is 15.0. The molecule has 1 amide bonds. The van der Waals surface area contributed by atoms with Crippen LogP contribution < -0.4 is 0 Å². The lowest BCUT2D eigenvalue weighted by Gasteiger charge is -2.34. The summed E-state index contributed by atoms with van der Waals surface area (Å²) in [5.41, 5.74) is 1.66. The first-order valence-electron chi connectivity index (χ1n) is 10.8. The van der Waals surface area contributed by atoms with Crippen molar-refractivity contribution in [3.8, 4) is 0 Å². The SMILES string of the molecule is CC(C)OC(=O)/C=C(\c1ccc2cnc(Cl)cc2n1)C1CCN(C(=O)OC(C)(C)C)CC1. The Hall–Kier alpha value is -2.67. The van der Waals surface area contributed by atoms with Gasteiger partial charge in [0.2, 0.25) is 0 Å². The average molecular weight is 460 g/mol. The number of hydrogen-bond donors (Lipinski definition) is 0. The molecule has 8 heteroatoms. The molecule has 0 spiro atoms. The van der Waals surface area contributed by atoms with Gasteiger partial charge in [-0.05, 0) is 71.1 Å². The number of nitrogens with zero attached hydrogens (tertiary/aromatic N) is 3. The molecule has 0 aliphatic carbocycles. The highest BCUT2D eigenvalue weighted by Gasteiger charge is 2.29. The molecule has 0 bridgehead atoms. The number of esters is 1. The Kier molecular flexibility index (Phi) is 7.39. The van der Waals surface area contributed by atoms with E-state index in [2.05, 4.69) is 4.98 Å². The van der Waals surface area contributed by atoms with Crippen LogP contribution in [-0.2, 0) is 14.3 Å². The summed E-state index contributed by atoms with van der Waals surface area (Å²) >= 11 is 6.04. The highest BCUT2D eigenvalue weighted by atomic mass is 35.5. The summed E-state index contributed by atoms with van der Waals surface area (Å²) in [4.78, 5) is 35.5. The lowest BCUT2D eigenvalue weighted by atomic mass is 9.86. The summed E-state index contributed by atoms with van der Waals surface area (Å²) in [5, 5.41) is 1.22. The van der Waals surface area contributed by atoms with E-state index in [9.17, 15) is 9.59 Å². The number of likely N-dealkylation sites (tertiary alicyclic amines) is 1. The molecule has 1 aliphatic rings. The van der Waals surface area contributed by atoms with Crippen molar-refractivity contribution in [2.45, 2.75) is 59.2 Å². The molecule has 2 aromatic rings. The lowest BCUT2D eigenvalue weighted by Crippen LogP contribution is -2.42. The van der Waals surface area contributed by atoms with Gasteiger partial charge in [0.25, 0.3) is 0 Å². The molecule has 3 rings (SSSR count). The van der Waals surface area contributed by atoms with Gasteiger partial charge in [0.1, 0.15) is 10.8 Å². The largest absolute Gasteiger partial charge is 0.460 e. The van der Waals surface area contributed by atoms with Gasteiger partial charge in [-0.3, -0.25) is 0 Å². The Morgan fingerprint density at radius 1 is 1.22 bits per heavy atom. The average Bonchev–Trinajstić information content (AvgIpc) is 2.70. The fourth-order valence-electron chi connectivity index (χ4n) is 3.65. The molecule has 0 radical (unpaired) electrons. The fraction of sp³-hybridized carbons (Fsp3) is 0.500. The van der Waals surface area contributed by atoms with Crippen molar-refractivity contribution >= 4 is 40.1 Å². The maximum absolute atomic E-state index is 12.5. The number of carbonyl (C=O) groups excluding carboxylic acids is 2. The zero-order chi connectivity index (χ0) is 23.5. The van der Waals surface area contributed by atoms with E-state index in [1.807, 2.05) is 46.8 Å². The second-order valence-electron chi connectivity index (χ2n) is 9.22. The Morgan fingerprint density at radius 2 is 1.91 bits per heavy atom. The normalized spacial score (nSPS) is 15.8. The molecule has 0 N–H and O–H groups in total. The summed E-state index contributed by atoms with van der Waals surface area (Å²) in [5.74, 6) is -0.352. The molecular weight excluding hydrogens is 430 g/mol. The minimum atomic E-state index is -0.537. The van der Waals surface area contributed by atoms with E-state index in [1.54, 1.807) is 17.2 Å². The molecule has 1 aliphatic heterocycles. The van der Waals surface area contributed by atoms with Crippen LogP contribution in [-0.4, -0.2) is 51.7 Å². The number of pyridine rings is 2. The molecule has 1 fully saturated rings. The number of carbonyl (C=O) groups is 2. The molecule has 3 heterocycles. The number of hydrogen-bond acceptors (Lipinski definition) is 6. The van der Waals surface area contributed by atoms with Crippen molar-refractivity contribution in [3.63, 3.8) is 0 Å². The molecule has 32 heavy (non-hydrogen) atoms. The number of fused-ring (bicyclic) bond motifs is 1. The van der Waals surface area contributed by atoms with Gasteiger partial charge in [0.05, 0.1) is 17.3 Å². The van der Waals surface area contributed by atoms with E-state index in [1.165, 1.54) is 6.08 Å². The maximum Gasteiger partial charge on any atom is 0.410 e. The Balaban J connectivity index is 1.86. The van der Waals surface area contributed by atoms with Crippen LogP contribution in [0.4, 0.5) is 4.79 Å². The number of ether oxygens (including phenoxy) is 2. The van der Waals surface area contributed by atoms with Crippen LogP contribution >= 0.6 is 11.6 Å². The molecule has 0 unspecified atom stereocenters. The van der Waals surface area contributed by atoms with E-state index < -0.39 is 11.6 Å². The topological polar surface area (TPSA) is 81.6 Å². The summed E-state index contributed by atoms with van der Waals surface area (Å²) in [6, 6.07) is 5.50. The van der Waals surface area contributed by atoms with Crippen molar-refractivity contribution in [2.75, 3.05) is 13.1 Å². The molecule has 0 saturated carbocycles. The zero-order valence-electron chi connectivity index (χ0n) is 19.2. The monoisotopic (exact) mass is 459 g/mol. The van der Waals surface area contributed by atoms with Crippen molar-refractivity contribution < 1.29 is 19.1 Å². The number of aromatic nitrogens is 2. The molecule has 0 atom stereocenters. The number of halogens is 1. The van der Waals surface area contributed by atoms with Gasteiger partial charge in [-0.15, -0.1) is 0 Å². The van der Waals surface area contributed by atoms with E-state index in [0.29, 0.717) is 42.3 Å². The highest BCUT2D eigenvalue weighted by Crippen LogP contribution is 2.33. The van der Waals surface area contributed by atoms with Crippen LogP contribution in [0.25, 0.3) is 16.5 Å². The van der Waals surface area contributed by atoms with Gasteiger partial charge in [-0.1, -0.05) is 11.6 Å². The van der Waals surface area contributed by atoms with E-state index in [4.69, 9.17) is 26.1 Å². The predicted octanol–water partition coefficient (Wildman–Crippen LogP) is 5.27. The summed E-state index contributed by atoms with van der Waals surface area (Å²) in [6.45, 7) is 10.3. The molecule has 7 nitrogen and oxygen atoms in total. The van der Waals surface area contributed by atoms with E-state index in [0.717, 1.165) is 11.0 Å². The van der Waals surface area contributed by atoms with Crippen molar-refractivity contribution in [3.05, 3.63) is 41.3 Å². The van der Waals surface area contributed by atoms with E-state index >= 15 is 0 Å². The van der Waals surface area contributed by atoms with Crippen LogP contribution in [0.15, 0.2) is 30.5 Å². The molecule has 172 valence electrons. The molecule has 0 aromatic carbocycles. The third-order valence-electron chi connectivity index (χ3n) is 5.05. The quantitative estimate of drug-likeness (QED) is 0.352. The maximum atomic E-state index is 12.5. The highest BCUT2D eigenvalue weighted by molar-refractivity contribution is 6.30. The first-order valence-corrected chi connectivity index (χ1v) is 11.2. The van der Waals surface area contributed by atoms with Crippen molar-refractivity contribution in [2.24, 2.45) is 5.92 Å². The summed E-state index contributed by atoms with van der Waals surface area (Å²) in [7, 11) is 0. The minimum Gasteiger partial charge on any atom is -0.460 e. The van der Waals surface area contributed by atoms with E-state index in [-0.39, 0.29) is 18.1 Å². The standard InChI is InChI=1S/C24H30ClN3O4/c1-15(2)31-22(29)12-18(19-7-6-17-14-26-21(25)13-20(17)27-19)16-8-10-28(11-9-16)23(30)32-24(3,4)5/h6-7,12-16H,8-11H2,1-5H3/b18-12-. The minimum absolute atomic E-state index is 0.0515. The van der Waals surface area contributed by atoms with Crippen LogP contribution in [0.3, 0.4) is 0 Å². The summed E-state index contributed by atoms with van der Waals surface area (Å²) in [6.07, 6.45) is 4.05. The van der Waals surface area contributed by atoms with Crippen LogP contribution in [0, 0.1) is 5.92 Å². The third kappa shape index (κ3) is 6.42. The predicted molar refractivity (Wildman–Crippen MR) is 124 cm³/mol. The van der Waals surface area contributed by atoms with Crippen LogP contribution in [0.5, 0.6) is 0 Å². The molecular formula is C24H30ClN3O4. The molecule has 2 aromatic heterocycles. The number of amides is 1.